The molecular weight excluding hydrogens is 248 g/mol. The van der Waals surface area contributed by atoms with Crippen molar-refractivity contribution in [2.24, 2.45) is 5.92 Å². The summed E-state index contributed by atoms with van der Waals surface area (Å²) in [5.74, 6) is 0.507. The van der Waals surface area contributed by atoms with Gasteiger partial charge in [0.2, 0.25) is 5.91 Å². The lowest BCUT2D eigenvalue weighted by Crippen LogP contribution is -2.41. The number of nitrogens with one attached hydrogen (secondary N) is 1. The monoisotopic (exact) mass is 274 g/mol. The van der Waals surface area contributed by atoms with Gasteiger partial charge in [-0.25, -0.2) is 0 Å². The van der Waals surface area contributed by atoms with Gasteiger partial charge in [-0.1, -0.05) is 50.6 Å². The Hall–Kier alpha value is -1.35. The maximum Gasteiger partial charge on any atom is 0.223 e. The molecule has 0 saturated heterocycles. The third-order valence-electron chi connectivity index (χ3n) is 4.38. The molecule has 1 saturated carbocycles. The second-order valence-corrected chi connectivity index (χ2v) is 5.52. The van der Waals surface area contributed by atoms with Gasteiger partial charge in [-0.3, -0.25) is 9.69 Å². The summed E-state index contributed by atoms with van der Waals surface area (Å²) < 4.78 is 0. The molecule has 1 aliphatic rings. The predicted molar refractivity (Wildman–Crippen MR) is 82.5 cm³/mol. The van der Waals surface area contributed by atoms with Crippen LogP contribution < -0.4 is 5.32 Å². The van der Waals surface area contributed by atoms with Gasteiger partial charge in [-0.15, -0.1) is 0 Å². The second-order valence-electron chi connectivity index (χ2n) is 5.52. The standard InChI is InChI=1S/C17H26N2O/c1-3-19(4-2)16(14-9-6-5-7-10-14)13-18-17(20)15-11-8-12-15/h5-7,9-10,15-16H,3-4,8,11-13H2,1-2H3,(H,18,20)/t16-/m0/s1. The molecule has 1 amide bonds. The first-order valence-electron chi connectivity index (χ1n) is 7.83. The van der Waals surface area contributed by atoms with Crippen LogP contribution in [0, 0.1) is 5.92 Å². The fourth-order valence-corrected chi connectivity index (χ4v) is 2.81. The summed E-state index contributed by atoms with van der Waals surface area (Å²) in [7, 11) is 0. The van der Waals surface area contributed by atoms with Crippen LogP contribution in [0.4, 0.5) is 0 Å². The lowest BCUT2D eigenvalue weighted by atomic mass is 9.85. The van der Waals surface area contributed by atoms with Crippen LogP contribution in [0.5, 0.6) is 0 Å². The number of rotatable bonds is 7. The van der Waals surface area contributed by atoms with E-state index < -0.39 is 0 Å². The Morgan fingerprint density at radius 3 is 2.40 bits per heavy atom. The van der Waals surface area contributed by atoms with E-state index in [0.29, 0.717) is 6.54 Å². The first-order valence-corrected chi connectivity index (χ1v) is 7.83. The van der Waals surface area contributed by atoms with Crippen molar-refractivity contribution in [1.82, 2.24) is 10.2 Å². The minimum atomic E-state index is 0.240. The number of carbonyl (C=O) groups is 1. The second kappa shape index (κ2) is 7.44. The summed E-state index contributed by atoms with van der Waals surface area (Å²) in [6.45, 7) is 7.05. The van der Waals surface area contributed by atoms with Crippen LogP contribution in [0.15, 0.2) is 30.3 Å². The summed E-state index contributed by atoms with van der Waals surface area (Å²) >= 11 is 0. The fraction of sp³-hybridized carbons (Fsp3) is 0.588. The van der Waals surface area contributed by atoms with E-state index in [2.05, 4.69) is 48.3 Å². The van der Waals surface area contributed by atoms with Crippen LogP contribution in [0.25, 0.3) is 0 Å². The van der Waals surface area contributed by atoms with Gasteiger partial charge in [0.15, 0.2) is 0 Å². The molecule has 0 bridgehead atoms. The van der Waals surface area contributed by atoms with E-state index in [1.807, 2.05) is 6.07 Å². The maximum atomic E-state index is 12.0. The van der Waals surface area contributed by atoms with Crippen molar-refractivity contribution >= 4 is 5.91 Å². The van der Waals surface area contributed by atoms with Crippen molar-refractivity contribution in [1.29, 1.82) is 0 Å². The zero-order valence-electron chi connectivity index (χ0n) is 12.6. The first kappa shape index (κ1) is 15.0. The molecule has 2 rings (SSSR count). The Kier molecular flexibility index (Phi) is 5.60. The van der Waals surface area contributed by atoms with E-state index in [4.69, 9.17) is 0 Å². The molecular formula is C17H26N2O. The minimum absolute atomic E-state index is 0.240. The molecule has 1 fully saturated rings. The molecule has 0 heterocycles. The molecule has 3 heteroatoms. The topological polar surface area (TPSA) is 32.3 Å². The van der Waals surface area contributed by atoms with Crippen molar-refractivity contribution < 1.29 is 4.79 Å². The molecule has 1 aromatic rings. The van der Waals surface area contributed by atoms with Crippen molar-refractivity contribution in [2.45, 2.75) is 39.2 Å². The van der Waals surface area contributed by atoms with Gasteiger partial charge in [0.1, 0.15) is 0 Å². The number of benzene rings is 1. The van der Waals surface area contributed by atoms with Crippen molar-refractivity contribution in [3.05, 3.63) is 35.9 Å². The van der Waals surface area contributed by atoms with Gasteiger partial charge in [0.25, 0.3) is 0 Å². The molecule has 0 aliphatic heterocycles. The van der Waals surface area contributed by atoms with Crippen LogP contribution in [-0.2, 0) is 4.79 Å². The smallest absolute Gasteiger partial charge is 0.223 e. The highest BCUT2D eigenvalue weighted by Gasteiger charge is 2.26. The zero-order valence-corrected chi connectivity index (χ0v) is 12.6. The number of amides is 1. The highest BCUT2D eigenvalue weighted by atomic mass is 16.1. The lowest BCUT2D eigenvalue weighted by Gasteiger charge is -2.31. The van der Waals surface area contributed by atoms with Crippen LogP contribution in [0.2, 0.25) is 0 Å². The number of hydrogen-bond donors (Lipinski definition) is 1. The molecule has 1 aliphatic carbocycles. The average molecular weight is 274 g/mol. The number of likely N-dealkylation sites (N-methyl/N-ethyl adjacent to an activating group) is 1. The summed E-state index contributed by atoms with van der Waals surface area (Å²) in [4.78, 5) is 14.4. The van der Waals surface area contributed by atoms with Gasteiger partial charge >= 0.3 is 0 Å². The molecule has 0 aromatic heterocycles. The van der Waals surface area contributed by atoms with Gasteiger partial charge in [0, 0.05) is 12.5 Å². The summed E-state index contributed by atoms with van der Waals surface area (Å²) in [5, 5.41) is 3.15. The Labute approximate surface area is 122 Å². The summed E-state index contributed by atoms with van der Waals surface area (Å²) in [6.07, 6.45) is 3.33. The Bertz CT molecular complexity index is 410. The van der Waals surface area contributed by atoms with Gasteiger partial charge in [0.05, 0.1) is 6.04 Å². The molecule has 0 unspecified atom stereocenters. The molecule has 1 N–H and O–H groups in total. The number of nitrogens with zero attached hydrogens (tertiary/aromatic N) is 1. The quantitative estimate of drug-likeness (QED) is 0.829. The normalized spacial score (nSPS) is 16.8. The van der Waals surface area contributed by atoms with Crippen molar-refractivity contribution in [3.8, 4) is 0 Å². The fourth-order valence-electron chi connectivity index (χ4n) is 2.81. The van der Waals surface area contributed by atoms with Gasteiger partial charge < -0.3 is 5.32 Å². The largest absolute Gasteiger partial charge is 0.354 e. The van der Waals surface area contributed by atoms with Crippen LogP contribution in [0.3, 0.4) is 0 Å². The van der Waals surface area contributed by atoms with E-state index in [9.17, 15) is 4.79 Å². The van der Waals surface area contributed by atoms with Crippen molar-refractivity contribution in [3.63, 3.8) is 0 Å². The predicted octanol–water partition coefficient (Wildman–Crippen LogP) is 2.99. The summed E-state index contributed by atoms with van der Waals surface area (Å²) in [5.41, 5.74) is 1.28. The third kappa shape index (κ3) is 3.60. The SMILES string of the molecule is CCN(CC)[C@@H](CNC(=O)C1CCC1)c1ccccc1. The first-order chi connectivity index (χ1) is 9.76. The van der Waals surface area contributed by atoms with Gasteiger partial charge in [-0.05, 0) is 31.5 Å². The Morgan fingerprint density at radius 2 is 1.90 bits per heavy atom. The van der Waals surface area contributed by atoms with Crippen LogP contribution in [0.1, 0.15) is 44.7 Å². The average Bonchev–Trinajstić information content (AvgIpc) is 2.42. The maximum absolute atomic E-state index is 12.0. The summed E-state index contributed by atoms with van der Waals surface area (Å²) in [6, 6.07) is 10.8. The van der Waals surface area contributed by atoms with Crippen molar-refractivity contribution in [2.75, 3.05) is 19.6 Å². The third-order valence-corrected chi connectivity index (χ3v) is 4.38. The highest BCUT2D eigenvalue weighted by molar-refractivity contribution is 5.79. The molecule has 3 nitrogen and oxygen atoms in total. The Balaban J connectivity index is 2.00. The van der Waals surface area contributed by atoms with E-state index >= 15 is 0 Å². The number of hydrogen-bond acceptors (Lipinski definition) is 2. The van der Waals surface area contributed by atoms with Crippen LogP contribution in [-0.4, -0.2) is 30.4 Å². The molecule has 20 heavy (non-hydrogen) atoms. The van der Waals surface area contributed by atoms with E-state index in [0.717, 1.165) is 25.9 Å². The van der Waals surface area contributed by atoms with Crippen LogP contribution >= 0.6 is 0 Å². The molecule has 1 atom stereocenters. The van der Waals surface area contributed by atoms with E-state index in [-0.39, 0.29) is 17.9 Å². The van der Waals surface area contributed by atoms with E-state index in [1.54, 1.807) is 0 Å². The minimum Gasteiger partial charge on any atom is -0.354 e. The molecule has 1 aromatic carbocycles. The highest BCUT2D eigenvalue weighted by Crippen LogP contribution is 2.26. The van der Waals surface area contributed by atoms with E-state index in [1.165, 1.54) is 12.0 Å². The Morgan fingerprint density at radius 1 is 1.25 bits per heavy atom. The lowest BCUT2D eigenvalue weighted by molar-refractivity contribution is -0.127. The van der Waals surface area contributed by atoms with Gasteiger partial charge in [-0.2, -0.15) is 0 Å². The molecule has 110 valence electrons. The zero-order chi connectivity index (χ0) is 14.4. The number of carbonyl (C=O) groups excluding carboxylic acids is 1. The molecule has 0 radical (unpaired) electrons. The molecule has 0 spiro atoms.